The maximum atomic E-state index is 12.1. The summed E-state index contributed by atoms with van der Waals surface area (Å²) in [5.74, 6) is 1.91. The van der Waals surface area contributed by atoms with Gasteiger partial charge < -0.3 is 18.6 Å². The molecule has 2 heterocycles. The van der Waals surface area contributed by atoms with Crippen LogP contribution in [0.1, 0.15) is 12.6 Å². The lowest BCUT2D eigenvalue weighted by atomic mass is 10.2. The number of rotatable bonds is 9. The smallest absolute Gasteiger partial charge is 0.250 e. The third kappa shape index (κ3) is 4.82. The number of amides is 1. The molecule has 2 aromatic heterocycles. The van der Waals surface area contributed by atoms with E-state index in [-0.39, 0.29) is 11.7 Å². The molecule has 0 bridgehead atoms. The van der Waals surface area contributed by atoms with Crippen molar-refractivity contribution in [1.82, 2.24) is 24.8 Å². The number of ether oxygens (including phenoxy) is 2. The maximum absolute atomic E-state index is 12.1. The van der Waals surface area contributed by atoms with Crippen molar-refractivity contribution in [3.05, 3.63) is 42.2 Å². The van der Waals surface area contributed by atoms with Crippen LogP contribution in [0.2, 0.25) is 0 Å². The summed E-state index contributed by atoms with van der Waals surface area (Å²) in [6.07, 6.45) is 3.51. The van der Waals surface area contributed by atoms with E-state index in [1.54, 1.807) is 20.4 Å². The minimum Gasteiger partial charge on any atom is -0.493 e. The number of carbonyl (C=O) groups is 1. The van der Waals surface area contributed by atoms with Gasteiger partial charge in [0.05, 0.1) is 31.9 Å². The van der Waals surface area contributed by atoms with Crippen molar-refractivity contribution in [2.24, 2.45) is 12.1 Å². The quantitative estimate of drug-likeness (QED) is 0.320. The van der Waals surface area contributed by atoms with Gasteiger partial charge in [-0.15, -0.1) is 10.2 Å². The van der Waals surface area contributed by atoms with Gasteiger partial charge in [-0.05, 0) is 37.3 Å². The standard InChI is InChI=1S/C20H24N6O3S/c1-5-26-19(14-8-9-16(28-3)17(11-14)29-4)23-24-20(26)30-13-18(27)22-21-12-15-7-6-10-25(15)2/h6-12H,5,13H2,1-4H3,(H,22,27). The van der Waals surface area contributed by atoms with Crippen molar-refractivity contribution in [3.8, 4) is 22.9 Å². The second-order valence-electron chi connectivity index (χ2n) is 6.25. The highest BCUT2D eigenvalue weighted by atomic mass is 32.2. The zero-order chi connectivity index (χ0) is 21.5. The second-order valence-corrected chi connectivity index (χ2v) is 7.19. The fourth-order valence-corrected chi connectivity index (χ4v) is 3.61. The zero-order valence-corrected chi connectivity index (χ0v) is 18.1. The van der Waals surface area contributed by atoms with Crippen molar-refractivity contribution in [2.45, 2.75) is 18.6 Å². The van der Waals surface area contributed by atoms with E-state index in [0.29, 0.717) is 29.0 Å². The Labute approximate surface area is 179 Å². The Bertz CT molecular complexity index is 1040. The minimum absolute atomic E-state index is 0.175. The summed E-state index contributed by atoms with van der Waals surface area (Å²) in [6.45, 7) is 2.66. The van der Waals surface area contributed by atoms with Crippen LogP contribution in [0, 0.1) is 0 Å². The van der Waals surface area contributed by atoms with Gasteiger partial charge in [-0.25, -0.2) is 5.43 Å². The highest BCUT2D eigenvalue weighted by molar-refractivity contribution is 7.99. The predicted octanol–water partition coefficient (Wildman–Crippen LogP) is 2.56. The second kappa shape index (κ2) is 9.97. The number of hydrogen-bond acceptors (Lipinski definition) is 7. The Morgan fingerprint density at radius 2 is 2.03 bits per heavy atom. The molecule has 10 heteroatoms. The normalized spacial score (nSPS) is 11.1. The third-order valence-corrected chi connectivity index (χ3v) is 5.34. The molecule has 158 valence electrons. The molecule has 0 unspecified atom stereocenters. The lowest BCUT2D eigenvalue weighted by Gasteiger charge is -2.10. The number of methoxy groups -OCH3 is 2. The van der Waals surface area contributed by atoms with Crippen LogP contribution in [-0.4, -0.2) is 51.4 Å². The van der Waals surface area contributed by atoms with Crippen molar-refractivity contribution < 1.29 is 14.3 Å². The van der Waals surface area contributed by atoms with E-state index in [1.807, 2.05) is 59.6 Å². The third-order valence-electron chi connectivity index (χ3n) is 4.38. The first-order chi connectivity index (χ1) is 14.6. The Hall–Kier alpha value is -3.27. The van der Waals surface area contributed by atoms with Crippen LogP contribution in [0.25, 0.3) is 11.4 Å². The lowest BCUT2D eigenvalue weighted by Crippen LogP contribution is -2.20. The number of hydrazone groups is 1. The molecule has 0 radical (unpaired) electrons. The van der Waals surface area contributed by atoms with Crippen molar-refractivity contribution in [3.63, 3.8) is 0 Å². The highest BCUT2D eigenvalue weighted by Gasteiger charge is 2.16. The number of carbonyl (C=O) groups excluding carboxylic acids is 1. The molecule has 30 heavy (non-hydrogen) atoms. The topological polar surface area (TPSA) is 95.6 Å². The van der Waals surface area contributed by atoms with Gasteiger partial charge in [-0.1, -0.05) is 11.8 Å². The Morgan fingerprint density at radius 3 is 2.70 bits per heavy atom. The summed E-state index contributed by atoms with van der Waals surface area (Å²) >= 11 is 1.31. The largest absolute Gasteiger partial charge is 0.493 e. The molecule has 1 amide bonds. The van der Waals surface area contributed by atoms with Crippen LogP contribution in [0.15, 0.2) is 46.8 Å². The zero-order valence-electron chi connectivity index (χ0n) is 17.3. The predicted molar refractivity (Wildman–Crippen MR) is 116 cm³/mol. The lowest BCUT2D eigenvalue weighted by molar-refractivity contribution is -0.118. The first-order valence-electron chi connectivity index (χ1n) is 9.29. The number of thioether (sulfide) groups is 1. The molecule has 0 saturated heterocycles. The molecule has 9 nitrogen and oxygen atoms in total. The number of nitrogens with zero attached hydrogens (tertiary/aromatic N) is 5. The minimum atomic E-state index is -0.219. The molecule has 0 aliphatic carbocycles. The molecule has 0 saturated carbocycles. The Balaban J connectivity index is 1.66. The van der Waals surface area contributed by atoms with E-state index < -0.39 is 0 Å². The van der Waals surface area contributed by atoms with Crippen molar-refractivity contribution in [2.75, 3.05) is 20.0 Å². The van der Waals surface area contributed by atoms with E-state index in [9.17, 15) is 4.79 Å². The van der Waals surface area contributed by atoms with Gasteiger partial charge in [0, 0.05) is 25.4 Å². The van der Waals surface area contributed by atoms with Crippen molar-refractivity contribution in [1.29, 1.82) is 0 Å². The van der Waals surface area contributed by atoms with Gasteiger partial charge >= 0.3 is 0 Å². The molecule has 0 fully saturated rings. The SMILES string of the molecule is CCn1c(SCC(=O)NN=Cc2cccn2C)nnc1-c1ccc(OC)c(OC)c1. The average Bonchev–Trinajstić information content (AvgIpc) is 3.37. The molecular formula is C20H24N6O3S. The number of aryl methyl sites for hydroxylation is 1. The summed E-state index contributed by atoms with van der Waals surface area (Å²) < 4.78 is 14.5. The van der Waals surface area contributed by atoms with Crippen LogP contribution in [-0.2, 0) is 18.4 Å². The summed E-state index contributed by atoms with van der Waals surface area (Å²) in [4.78, 5) is 12.1. The van der Waals surface area contributed by atoms with Crippen molar-refractivity contribution >= 4 is 23.9 Å². The van der Waals surface area contributed by atoms with E-state index in [0.717, 1.165) is 11.3 Å². The first kappa shape index (κ1) is 21.4. The highest BCUT2D eigenvalue weighted by Crippen LogP contribution is 2.32. The average molecular weight is 429 g/mol. The monoisotopic (exact) mass is 428 g/mol. The van der Waals surface area contributed by atoms with Gasteiger partial charge in [0.25, 0.3) is 5.91 Å². The van der Waals surface area contributed by atoms with Crippen LogP contribution < -0.4 is 14.9 Å². The van der Waals surface area contributed by atoms with E-state index in [1.165, 1.54) is 11.8 Å². The van der Waals surface area contributed by atoms with E-state index in [4.69, 9.17) is 9.47 Å². The number of aromatic nitrogens is 4. The fraction of sp³-hybridized carbons (Fsp3) is 0.300. The summed E-state index contributed by atoms with van der Waals surface area (Å²) in [6, 6.07) is 9.40. The molecule has 3 rings (SSSR count). The molecule has 1 aromatic carbocycles. The van der Waals surface area contributed by atoms with Gasteiger partial charge in [-0.3, -0.25) is 4.79 Å². The summed E-state index contributed by atoms with van der Waals surface area (Å²) in [5.41, 5.74) is 4.28. The maximum Gasteiger partial charge on any atom is 0.250 e. The Morgan fingerprint density at radius 1 is 1.23 bits per heavy atom. The van der Waals surface area contributed by atoms with Gasteiger partial charge in [0.15, 0.2) is 22.5 Å². The number of hydrogen-bond donors (Lipinski definition) is 1. The van der Waals surface area contributed by atoms with Gasteiger partial charge in [0.1, 0.15) is 0 Å². The van der Waals surface area contributed by atoms with Crippen LogP contribution in [0.3, 0.4) is 0 Å². The molecular weight excluding hydrogens is 404 g/mol. The molecule has 0 aliphatic heterocycles. The molecule has 1 N–H and O–H groups in total. The van der Waals surface area contributed by atoms with Gasteiger partial charge in [0.2, 0.25) is 0 Å². The summed E-state index contributed by atoms with van der Waals surface area (Å²) in [5, 5.41) is 13.2. The van der Waals surface area contributed by atoms with Gasteiger partial charge in [-0.2, -0.15) is 5.10 Å². The van der Waals surface area contributed by atoms with E-state index >= 15 is 0 Å². The fourth-order valence-electron chi connectivity index (χ4n) is 2.81. The van der Waals surface area contributed by atoms with E-state index in [2.05, 4.69) is 20.7 Å². The Kier molecular flexibility index (Phi) is 7.12. The molecule has 0 atom stereocenters. The molecule has 0 spiro atoms. The van der Waals surface area contributed by atoms with Crippen LogP contribution in [0.5, 0.6) is 11.5 Å². The molecule has 3 aromatic rings. The number of benzene rings is 1. The van der Waals surface area contributed by atoms with Crippen LogP contribution >= 0.6 is 11.8 Å². The number of nitrogens with one attached hydrogen (secondary N) is 1. The molecule has 0 aliphatic rings. The summed E-state index contributed by atoms with van der Waals surface area (Å²) in [7, 11) is 5.09. The first-order valence-corrected chi connectivity index (χ1v) is 10.3. The van der Waals surface area contributed by atoms with Crippen LogP contribution in [0.4, 0.5) is 0 Å².